The average Bonchev–Trinajstić information content (AvgIpc) is 2.01. The first-order valence-corrected chi connectivity index (χ1v) is 4.89. The largest absolute Gasteiger partial charge is 0.481 e. The molecule has 0 bridgehead atoms. The summed E-state index contributed by atoms with van der Waals surface area (Å²) in [6.45, 7) is 8.43. The molecule has 0 amide bonds. The zero-order chi connectivity index (χ0) is 11.2. The van der Waals surface area contributed by atoms with E-state index in [1.807, 2.05) is 27.7 Å². The van der Waals surface area contributed by atoms with E-state index >= 15 is 0 Å². The summed E-state index contributed by atoms with van der Waals surface area (Å²) in [4.78, 5) is 10.6. The highest BCUT2D eigenvalue weighted by Crippen LogP contribution is 2.28. The minimum atomic E-state index is -0.834. The summed E-state index contributed by atoms with van der Waals surface area (Å²) in [5, 5.41) is 8.72. The van der Waals surface area contributed by atoms with Gasteiger partial charge in [0.15, 0.2) is 6.29 Å². The lowest BCUT2D eigenvalue weighted by Crippen LogP contribution is -2.36. The standard InChI is InChI=1S/C10H20O4/c1-5-13-9(14-6-2)10(3,4)7-8(11)12/h9H,5-7H2,1-4H3,(H,11,12). The Hall–Kier alpha value is -0.610. The van der Waals surface area contributed by atoms with Crippen molar-refractivity contribution in [1.29, 1.82) is 0 Å². The molecule has 0 atom stereocenters. The molecule has 0 fully saturated rings. The maximum atomic E-state index is 10.6. The molecule has 0 spiro atoms. The van der Waals surface area contributed by atoms with Gasteiger partial charge in [0, 0.05) is 18.6 Å². The second-order valence-electron chi connectivity index (χ2n) is 3.80. The van der Waals surface area contributed by atoms with E-state index in [1.54, 1.807) is 0 Å². The molecule has 0 rings (SSSR count). The second-order valence-corrected chi connectivity index (χ2v) is 3.80. The molecule has 84 valence electrons. The Balaban J connectivity index is 4.35. The Kier molecular flexibility index (Phi) is 5.72. The van der Waals surface area contributed by atoms with Gasteiger partial charge in [0.2, 0.25) is 0 Å². The van der Waals surface area contributed by atoms with Crippen molar-refractivity contribution < 1.29 is 19.4 Å². The fraction of sp³-hybridized carbons (Fsp3) is 0.900. The average molecular weight is 204 g/mol. The van der Waals surface area contributed by atoms with E-state index in [2.05, 4.69) is 0 Å². The lowest BCUT2D eigenvalue weighted by atomic mass is 9.88. The summed E-state index contributed by atoms with van der Waals surface area (Å²) >= 11 is 0. The SMILES string of the molecule is CCOC(OCC)C(C)(C)CC(=O)O. The van der Waals surface area contributed by atoms with E-state index in [0.29, 0.717) is 13.2 Å². The fourth-order valence-electron chi connectivity index (χ4n) is 1.28. The molecule has 0 aromatic rings. The van der Waals surface area contributed by atoms with Crippen molar-refractivity contribution in [1.82, 2.24) is 0 Å². The van der Waals surface area contributed by atoms with Crippen LogP contribution in [0, 0.1) is 5.41 Å². The van der Waals surface area contributed by atoms with Gasteiger partial charge in [0.25, 0.3) is 0 Å². The van der Waals surface area contributed by atoms with Crippen molar-refractivity contribution in [2.45, 2.75) is 40.4 Å². The molecule has 0 unspecified atom stereocenters. The molecule has 0 aliphatic rings. The topological polar surface area (TPSA) is 55.8 Å². The fourth-order valence-corrected chi connectivity index (χ4v) is 1.28. The van der Waals surface area contributed by atoms with Crippen LogP contribution in [-0.4, -0.2) is 30.6 Å². The minimum absolute atomic E-state index is 0.0394. The quantitative estimate of drug-likeness (QED) is 0.643. The van der Waals surface area contributed by atoms with Gasteiger partial charge in [-0.2, -0.15) is 0 Å². The van der Waals surface area contributed by atoms with E-state index in [0.717, 1.165) is 0 Å². The summed E-state index contributed by atoms with van der Waals surface area (Å²) in [5.74, 6) is -0.834. The number of carboxylic acids is 1. The molecule has 0 radical (unpaired) electrons. The monoisotopic (exact) mass is 204 g/mol. The molecule has 4 heteroatoms. The van der Waals surface area contributed by atoms with Gasteiger partial charge in [0.05, 0.1) is 6.42 Å². The molecule has 0 aliphatic carbocycles. The van der Waals surface area contributed by atoms with Crippen molar-refractivity contribution in [3.8, 4) is 0 Å². The predicted octanol–water partition coefficient (Wildman–Crippen LogP) is 1.89. The molecule has 14 heavy (non-hydrogen) atoms. The van der Waals surface area contributed by atoms with Crippen LogP contribution in [-0.2, 0) is 14.3 Å². The van der Waals surface area contributed by atoms with Crippen LogP contribution < -0.4 is 0 Å². The summed E-state index contributed by atoms with van der Waals surface area (Å²) in [5.41, 5.74) is -0.502. The Labute approximate surface area is 85.2 Å². The minimum Gasteiger partial charge on any atom is -0.481 e. The molecule has 0 aromatic heterocycles. The van der Waals surface area contributed by atoms with Gasteiger partial charge in [-0.25, -0.2) is 0 Å². The van der Waals surface area contributed by atoms with Crippen molar-refractivity contribution >= 4 is 5.97 Å². The van der Waals surface area contributed by atoms with Crippen molar-refractivity contribution in [2.75, 3.05) is 13.2 Å². The highest BCUT2D eigenvalue weighted by atomic mass is 16.7. The van der Waals surface area contributed by atoms with Crippen molar-refractivity contribution in [3.05, 3.63) is 0 Å². The summed E-state index contributed by atoms with van der Waals surface area (Å²) in [6.07, 6.45) is -0.411. The number of rotatable bonds is 7. The summed E-state index contributed by atoms with van der Waals surface area (Å²) < 4.78 is 10.7. The summed E-state index contributed by atoms with van der Waals surface area (Å²) in [6, 6.07) is 0. The third-order valence-corrected chi connectivity index (χ3v) is 1.88. The van der Waals surface area contributed by atoms with Crippen molar-refractivity contribution in [2.24, 2.45) is 5.41 Å². The number of ether oxygens (including phenoxy) is 2. The van der Waals surface area contributed by atoms with Gasteiger partial charge >= 0.3 is 5.97 Å². The number of carbonyl (C=O) groups is 1. The number of hydrogen-bond acceptors (Lipinski definition) is 3. The van der Waals surface area contributed by atoms with Crippen LogP contribution in [0.25, 0.3) is 0 Å². The third kappa shape index (κ3) is 4.58. The first kappa shape index (κ1) is 13.4. The third-order valence-electron chi connectivity index (χ3n) is 1.88. The lowest BCUT2D eigenvalue weighted by Gasteiger charge is -2.32. The first-order valence-electron chi connectivity index (χ1n) is 4.89. The number of aliphatic carboxylic acids is 1. The molecular formula is C10H20O4. The van der Waals surface area contributed by atoms with Crippen molar-refractivity contribution in [3.63, 3.8) is 0 Å². The molecule has 0 saturated carbocycles. The van der Waals surface area contributed by atoms with Crippen LogP contribution in [0.5, 0.6) is 0 Å². The van der Waals surface area contributed by atoms with Crippen LogP contribution in [0.2, 0.25) is 0 Å². The van der Waals surface area contributed by atoms with Gasteiger partial charge in [0.1, 0.15) is 0 Å². The first-order chi connectivity index (χ1) is 6.44. The van der Waals surface area contributed by atoms with Gasteiger partial charge in [-0.15, -0.1) is 0 Å². The predicted molar refractivity (Wildman–Crippen MR) is 53.1 cm³/mol. The van der Waals surface area contributed by atoms with Gasteiger partial charge in [-0.05, 0) is 13.8 Å². The maximum Gasteiger partial charge on any atom is 0.304 e. The van der Waals surface area contributed by atoms with Gasteiger partial charge in [-0.3, -0.25) is 4.79 Å². The van der Waals surface area contributed by atoms with Crippen LogP contribution >= 0.6 is 0 Å². The van der Waals surface area contributed by atoms with Crippen LogP contribution in [0.1, 0.15) is 34.1 Å². The Morgan fingerprint density at radius 3 is 2.00 bits per heavy atom. The molecule has 0 aliphatic heterocycles. The Morgan fingerprint density at radius 1 is 1.29 bits per heavy atom. The molecule has 1 N–H and O–H groups in total. The van der Waals surface area contributed by atoms with Crippen LogP contribution in [0.4, 0.5) is 0 Å². The van der Waals surface area contributed by atoms with Gasteiger partial charge < -0.3 is 14.6 Å². The zero-order valence-electron chi connectivity index (χ0n) is 9.37. The van der Waals surface area contributed by atoms with E-state index in [-0.39, 0.29) is 6.42 Å². The van der Waals surface area contributed by atoms with E-state index in [1.165, 1.54) is 0 Å². The lowest BCUT2D eigenvalue weighted by molar-refractivity contribution is -0.199. The Bertz CT molecular complexity index is 171. The Morgan fingerprint density at radius 2 is 1.71 bits per heavy atom. The number of carboxylic acid groups (broad SMARTS) is 1. The van der Waals surface area contributed by atoms with Crippen LogP contribution in [0.15, 0.2) is 0 Å². The summed E-state index contributed by atoms with van der Waals surface area (Å²) in [7, 11) is 0. The van der Waals surface area contributed by atoms with E-state index in [4.69, 9.17) is 14.6 Å². The zero-order valence-corrected chi connectivity index (χ0v) is 9.37. The molecule has 0 aromatic carbocycles. The molecule has 4 nitrogen and oxygen atoms in total. The smallest absolute Gasteiger partial charge is 0.304 e. The van der Waals surface area contributed by atoms with Crippen LogP contribution in [0.3, 0.4) is 0 Å². The normalized spacial score (nSPS) is 12.1. The molecule has 0 saturated heterocycles. The molecular weight excluding hydrogens is 184 g/mol. The molecule has 0 heterocycles. The maximum absolute atomic E-state index is 10.6. The number of hydrogen-bond donors (Lipinski definition) is 1. The van der Waals surface area contributed by atoms with Gasteiger partial charge in [-0.1, -0.05) is 13.8 Å². The highest BCUT2D eigenvalue weighted by Gasteiger charge is 2.33. The second kappa shape index (κ2) is 5.98. The van der Waals surface area contributed by atoms with E-state index < -0.39 is 17.7 Å². The highest BCUT2D eigenvalue weighted by molar-refractivity contribution is 5.67. The van der Waals surface area contributed by atoms with E-state index in [9.17, 15) is 4.79 Å².